The van der Waals surface area contributed by atoms with Crippen LogP contribution in [0.4, 0.5) is 0 Å². The second kappa shape index (κ2) is 8.25. The Hall–Kier alpha value is -2.86. The number of hydrogen-bond acceptors (Lipinski definition) is 4. The van der Waals surface area contributed by atoms with E-state index in [0.29, 0.717) is 23.8 Å². The van der Waals surface area contributed by atoms with Gasteiger partial charge in [0.25, 0.3) is 11.8 Å². The fourth-order valence-corrected chi connectivity index (χ4v) is 4.49. The molecule has 6 nitrogen and oxygen atoms in total. The van der Waals surface area contributed by atoms with E-state index in [1.807, 2.05) is 65.6 Å². The Morgan fingerprint density at radius 1 is 1.03 bits per heavy atom. The Balaban J connectivity index is 1.29. The quantitative estimate of drug-likeness (QED) is 0.814. The SMILES string of the molecule is CN1CC(CNC(=O)c2ccccc2)C2(C1)CN(C(=O)COc1ccccc1)C2. The van der Waals surface area contributed by atoms with Crippen LogP contribution in [0, 0.1) is 11.3 Å². The van der Waals surface area contributed by atoms with Crippen molar-refractivity contribution in [2.24, 2.45) is 11.3 Å². The largest absolute Gasteiger partial charge is 0.484 e. The molecule has 2 aromatic rings. The molecule has 0 bridgehead atoms. The number of likely N-dealkylation sites (tertiary alicyclic amines) is 2. The number of ether oxygens (including phenoxy) is 1. The van der Waals surface area contributed by atoms with Crippen LogP contribution in [0.15, 0.2) is 60.7 Å². The summed E-state index contributed by atoms with van der Waals surface area (Å²) in [5.41, 5.74) is 0.734. The van der Waals surface area contributed by atoms with Gasteiger partial charge in [0.2, 0.25) is 0 Å². The molecule has 0 radical (unpaired) electrons. The molecule has 0 aromatic heterocycles. The van der Waals surface area contributed by atoms with Crippen molar-refractivity contribution >= 4 is 11.8 Å². The number of nitrogens with zero attached hydrogens (tertiary/aromatic N) is 2. The summed E-state index contributed by atoms with van der Waals surface area (Å²) in [7, 11) is 2.10. The average Bonchev–Trinajstić information content (AvgIpc) is 3.07. The van der Waals surface area contributed by atoms with Crippen LogP contribution in [0.25, 0.3) is 0 Å². The molecule has 0 saturated carbocycles. The standard InChI is InChI=1S/C23H27N3O3/c1-25-13-19(12-24-22(28)18-8-4-2-5-9-18)23(15-25)16-26(17-23)21(27)14-29-20-10-6-3-7-11-20/h2-11,19H,12-17H2,1H3,(H,24,28). The van der Waals surface area contributed by atoms with Crippen molar-refractivity contribution in [2.45, 2.75) is 0 Å². The Morgan fingerprint density at radius 3 is 2.38 bits per heavy atom. The van der Waals surface area contributed by atoms with Crippen LogP contribution in [-0.2, 0) is 4.79 Å². The van der Waals surface area contributed by atoms with E-state index >= 15 is 0 Å². The predicted octanol–water partition coefficient (Wildman–Crippen LogP) is 1.89. The van der Waals surface area contributed by atoms with Crippen molar-refractivity contribution in [3.63, 3.8) is 0 Å². The van der Waals surface area contributed by atoms with Crippen molar-refractivity contribution in [1.29, 1.82) is 0 Å². The minimum atomic E-state index is -0.0428. The second-order valence-corrected chi connectivity index (χ2v) is 8.18. The molecule has 0 aliphatic carbocycles. The zero-order valence-corrected chi connectivity index (χ0v) is 16.7. The van der Waals surface area contributed by atoms with Gasteiger partial charge in [0.05, 0.1) is 0 Å². The van der Waals surface area contributed by atoms with Gasteiger partial charge in [-0.15, -0.1) is 0 Å². The third-order valence-electron chi connectivity index (χ3n) is 6.00. The summed E-state index contributed by atoms with van der Waals surface area (Å²) in [5, 5.41) is 3.08. The molecule has 1 atom stereocenters. The molecule has 2 fully saturated rings. The van der Waals surface area contributed by atoms with E-state index in [1.54, 1.807) is 0 Å². The number of para-hydroxylation sites is 1. The molecule has 2 heterocycles. The molecule has 29 heavy (non-hydrogen) atoms. The van der Waals surface area contributed by atoms with E-state index < -0.39 is 0 Å². The number of carbonyl (C=O) groups is 2. The zero-order valence-electron chi connectivity index (χ0n) is 16.7. The van der Waals surface area contributed by atoms with E-state index in [1.165, 1.54) is 0 Å². The van der Waals surface area contributed by atoms with Crippen molar-refractivity contribution in [3.05, 3.63) is 66.2 Å². The lowest BCUT2D eigenvalue weighted by atomic mass is 9.71. The van der Waals surface area contributed by atoms with Gasteiger partial charge in [-0.05, 0) is 37.2 Å². The number of carbonyl (C=O) groups excluding carboxylic acids is 2. The Labute approximate surface area is 171 Å². The smallest absolute Gasteiger partial charge is 0.260 e. The highest BCUT2D eigenvalue weighted by Gasteiger charge is 2.54. The third kappa shape index (κ3) is 4.27. The second-order valence-electron chi connectivity index (χ2n) is 8.18. The maximum atomic E-state index is 12.5. The van der Waals surface area contributed by atoms with Gasteiger partial charge in [-0.25, -0.2) is 0 Å². The minimum absolute atomic E-state index is 0.0149. The maximum absolute atomic E-state index is 12.5. The number of amides is 2. The van der Waals surface area contributed by atoms with Crippen LogP contribution < -0.4 is 10.1 Å². The first-order chi connectivity index (χ1) is 14.1. The van der Waals surface area contributed by atoms with E-state index in [4.69, 9.17) is 4.74 Å². The fourth-order valence-electron chi connectivity index (χ4n) is 4.49. The lowest BCUT2D eigenvalue weighted by Gasteiger charge is -2.51. The molecule has 2 amide bonds. The van der Waals surface area contributed by atoms with Gasteiger partial charge in [0.1, 0.15) is 5.75 Å². The Morgan fingerprint density at radius 2 is 1.69 bits per heavy atom. The summed E-state index contributed by atoms with van der Waals surface area (Å²) < 4.78 is 5.59. The van der Waals surface area contributed by atoms with Gasteiger partial charge in [-0.3, -0.25) is 9.59 Å². The molecular formula is C23H27N3O3. The van der Waals surface area contributed by atoms with Gasteiger partial charge in [-0.2, -0.15) is 0 Å². The van der Waals surface area contributed by atoms with Crippen LogP contribution >= 0.6 is 0 Å². The summed E-state index contributed by atoms with van der Waals surface area (Å²) in [5.74, 6) is 1.01. The predicted molar refractivity (Wildman–Crippen MR) is 111 cm³/mol. The summed E-state index contributed by atoms with van der Waals surface area (Å²) in [4.78, 5) is 29.0. The highest BCUT2D eigenvalue weighted by molar-refractivity contribution is 5.94. The third-order valence-corrected chi connectivity index (χ3v) is 6.00. The summed E-state index contributed by atoms with van der Waals surface area (Å²) in [6, 6.07) is 18.7. The van der Waals surface area contributed by atoms with E-state index in [0.717, 1.165) is 26.2 Å². The number of rotatable bonds is 6. The van der Waals surface area contributed by atoms with Gasteiger partial charge < -0.3 is 19.9 Å². The first-order valence-electron chi connectivity index (χ1n) is 10.0. The lowest BCUT2D eigenvalue weighted by molar-refractivity contribution is -0.147. The first-order valence-corrected chi connectivity index (χ1v) is 10.0. The normalized spacial score (nSPS) is 20.3. The van der Waals surface area contributed by atoms with Crippen LogP contribution in [-0.4, -0.2) is 68.0 Å². The van der Waals surface area contributed by atoms with E-state index in [-0.39, 0.29) is 23.8 Å². The van der Waals surface area contributed by atoms with Gasteiger partial charge in [-0.1, -0.05) is 36.4 Å². The van der Waals surface area contributed by atoms with Crippen molar-refractivity contribution in [2.75, 3.05) is 46.4 Å². The van der Waals surface area contributed by atoms with E-state index in [2.05, 4.69) is 17.3 Å². The molecule has 2 saturated heterocycles. The van der Waals surface area contributed by atoms with Gasteiger partial charge >= 0.3 is 0 Å². The van der Waals surface area contributed by atoms with Crippen LogP contribution in [0.2, 0.25) is 0 Å². The molecule has 1 unspecified atom stereocenters. The molecule has 2 aliphatic heterocycles. The molecule has 2 aromatic carbocycles. The molecule has 6 heteroatoms. The molecule has 1 N–H and O–H groups in total. The fraction of sp³-hybridized carbons (Fsp3) is 0.391. The number of benzene rings is 2. The van der Waals surface area contributed by atoms with Gasteiger partial charge in [0, 0.05) is 43.7 Å². The molecule has 152 valence electrons. The average molecular weight is 393 g/mol. The highest BCUT2D eigenvalue weighted by atomic mass is 16.5. The molecular weight excluding hydrogens is 366 g/mol. The summed E-state index contributed by atoms with van der Waals surface area (Å²) in [6.45, 7) is 4.01. The Bertz CT molecular complexity index is 850. The molecule has 1 spiro atoms. The number of nitrogens with one attached hydrogen (secondary N) is 1. The first kappa shape index (κ1) is 19.5. The monoisotopic (exact) mass is 393 g/mol. The summed E-state index contributed by atoms with van der Waals surface area (Å²) in [6.07, 6.45) is 0. The highest BCUT2D eigenvalue weighted by Crippen LogP contribution is 2.43. The van der Waals surface area contributed by atoms with Crippen LogP contribution in [0.3, 0.4) is 0 Å². The lowest BCUT2D eigenvalue weighted by Crippen LogP contribution is -2.64. The maximum Gasteiger partial charge on any atom is 0.260 e. The van der Waals surface area contributed by atoms with Crippen LogP contribution in [0.1, 0.15) is 10.4 Å². The van der Waals surface area contributed by atoms with Crippen molar-refractivity contribution in [1.82, 2.24) is 15.1 Å². The zero-order chi connectivity index (χ0) is 20.3. The minimum Gasteiger partial charge on any atom is -0.484 e. The molecule has 2 aliphatic rings. The van der Waals surface area contributed by atoms with Crippen LogP contribution in [0.5, 0.6) is 5.75 Å². The molecule has 4 rings (SSSR count). The van der Waals surface area contributed by atoms with Gasteiger partial charge in [0.15, 0.2) is 6.61 Å². The van der Waals surface area contributed by atoms with E-state index in [9.17, 15) is 9.59 Å². The Kier molecular flexibility index (Phi) is 5.53. The topological polar surface area (TPSA) is 61.9 Å². The number of hydrogen-bond donors (Lipinski definition) is 1. The van der Waals surface area contributed by atoms with Crippen molar-refractivity contribution in [3.8, 4) is 5.75 Å². The summed E-state index contributed by atoms with van der Waals surface area (Å²) >= 11 is 0. The van der Waals surface area contributed by atoms with Crippen molar-refractivity contribution < 1.29 is 14.3 Å².